The minimum absolute atomic E-state index is 0.115. The molecule has 1 atom stereocenters. The van der Waals surface area contributed by atoms with Crippen LogP contribution in [0.5, 0.6) is 0 Å². The smallest absolute Gasteiger partial charge is 0.0595 e. The highest BCUT2D eigenvalue weighted by Crippen LogP contribution is 2.31. The van der Waals surface area contributed by atoms with E-state index < -0.39 is 0 Å². The lowest BCUT2D eigenvalue weighted by atomic mass is 9.92. The molecule has 20 heavy (non-hydrogen) atoms. The van der Waals surface area contributed by atoms with Crippen LogP contribution in [0.1, 0.15) is 33.9 Å². The number of hydrogen-bond donors (Lipinski definition) is 1. The highest BCUT2D eigenvalue weighted by molar-refractivity contribution is 6.42. The summed E-state index contributed by atoms with van der Waals surface area (Å²) in [7, 11) is 1.96. The average molecular weight is 308 g/mol. The molecule has 0 spiro atoms. The van der Waals surface area contributed by atoms with E-state index in [-0.39, 0.29) is 6.04 Å². The van der Waals surface area contributed by atoms with Gasteiger partial charge in [-0.3, -0.25) is 0 Å². The zero-order valence-electron chi connectivity index (χ0n) is 12.2. The fourth-order valence-corrected chi connectivity index (χ4v) is 2.79. The van der Waals surface area contributed by atoms with Gasteiger partial charge in [0.1, 0.15) is 0 Å². The molecular formula is C17H19Cl2N. The summed E-state index contributed by atoms with van der Waals surface area (Å²) < 4.78 is 0. The van der Waals surface area contributed by atoms with Gasteiger partial charge in [-0.05, 0) is 67.8 Å². The van der Waals surface area contributed by atoms with Crippen LogP contribution in [0.2, 0.25) is 10.0 Å². The van der Waals surface area contributed by atoms with Gasteiger partial charge < -0.3 is 5.32 Å². The fraction of sp³-hybridized carbons (Fsp3) is 0.294. The van der Waals surface area contributed by atoms with Crippen molar-refractivity contribution in [3.8, 4) is 0 Å². The summed E-state index contributed by atoms with van der Waals surface area (Å²) in [6.45, 7) is 6.42. The SMILES string of the molecule is CNC(c1ccc(Cl)c(Cl)c1)c1cc(C)c(C)cc1C. The molecule has 0 aromatic heterocycles. The Morgan fingerprint density at radius 3 is 2.10 bits per heavy atom. The maximum atomic E-state index is 6.14. The lowest BCUT2D eigenvalue weighted by Gasteiger charge is -2.21. The predicted molar refractivity (Wildman–Crippen MR) is 88.0 cm³/mol. The Bertz CT molecular complexity index is 635. The van der Waals surface area contributed by atoms with Gasteiger partial charge in [-0.25, -0.2) is 0 Å². The third kappa shape index (κ3) is 3.01. The standard InChI is InChI=1S/C17H19Cl2N/c1-10-7-12(3)14(8-11(10)2)17(20-4)13-5-6-15(18)16(19)9-13/h5-9,17,20H,1-4H3. The average Bonchev–Trinajstić information content (AvgIpc) is 2.40. The van der Waals surface area contributed by atoms with E-state index in [1.54, 1.807) is 0 Å². The molecule has 0 heterocycles. The quantitative estimate of drug-likeness (QED) is 0.819. The van der Waals surface area contributed by atoms with Gasteiger partial charge >= 0.3 is 0 Å². The number of nitrogens with one attached hydrogen (secondary N) is 1. The molecule has 2 aromatic rings. The maximum absolute atomic E-state index is 6.14. The lowest BCUT2D eigenvalue weighted by molar-refractivity contribution is 0.686. The van der Waals surface area contributed by atoms with Crippen LogP contribution in [-0.4, -0.2) is 7.05 Å². The van der Waals surface area contributed by atoms with Gasteiger partial charge in [-0.15, -0.1) is 0 Å². The first kappa shape index (κ1) is 15.4. The molecule has 0 aliphatic heterocycles. The summed E-state index contributed by atoms with van der Waals surface area (Å²) in [4.78, 5) is 0. The van der Waals surface area contributed by atoms with E-state index in [0.717, 1.165) is 5.56 Å². The van der Waals surface area contributed by atoms with Gasteiger partial charge in [0.25, 0.3) is 0 Å². The Labute approximate surface area is 130 Å². The molecule has 2 rings (SSSR count). The molecule has 0 aliphatic rings. The second kappa shape index (κ2) is 6.17. The van der Waals surface area contributed by atoms with E-state index in [2.05, 4.69) is 38.2 Å². The molecular weight excluding hydrogens is 289 g/mol. The monoisotopic (exact) mass is 307 g/mol. The highest BCUT2D eigenvalue weighted by Gasteiger charge is 2.16. The summed E-state index contributed by atoms with van der Waals surface area (Å²) in [5.74, 6) is 0. The van der Waals surface area contributed by atoms with Crippen LogP contribution in [0.15, 0.2) is 30.3 Å². The third-order valence-electron chi connectivity index (χ3n) is 3.76. The zero-order chi connectivity index (χ0) is 14.9. The van der Waals surface area contributed by atoms with Crippen molar-refractivity contribution < 1.29 is 0 Å². The number of rotatable bonds is 3. The van der Waals surface area contributed by atoms with Crippen molar-refractivity contribution in [1.82, 2.24) is 5.32 Å². The van der Waals surface area contributed by atoms with Crippen molar-refractivity contribution in [3.63, 3.8) is 0 Å². The van der Waals surface area contributed by atoms with E-state index in [4.69, 9.17) is 23.2 Å². The van der Waals surface area contributed by atoms with E-state index >= 15 is 0 Å². The molecule has 0 amide bonds. The Hall–Kier alpha value is -1.02. The predicted octanol–water partition coefficient (Wildman–Crippen LogP) is 5.23. The van der Waals surface area contributed by atoms with Gasteiger partial charge in [0.2, 0.25) is 0 Å². The number of halogens is 2. The first-order chi connectivity index (χ1) is 9.43. The molecule has 1 unspecified atom stereocenters. The Balaban J connectivity index is 2.52. The van der Waals surface area contributed by atoms with Crippen molar-refractivity contribution in [3.05, 3.63) is 68.2 Å². The van der Waals surface area contributed by atoms with Crippen LogP contribution in [-0.2, 0) is 0 Å². The van der Waals surface area contributed by atoms with E-state index in [0.29, 0.717) is 10.0 Å². The van der Waals surface area contributed by atoms with Crippen molar-refractivity contribution in [2.75, 3.05) is 7.05 Å². The molecule has 0 aliphatic carbocycles. The zero-order valence-corrected chi connectivity index (χ0v) is 13.7. The van der Waals surface area contributed by atoms with Crippen LogP contribution in [0.4, 0.5) is 0 Å². The Morgan fingerprint density at radius 2 is 1.50 bits per heavy atom. The van der Waals surface area contributed by atoms with Gasteiger partial charge in [0, 0.05) is 0 Å². The normalized spacial score (nSPS) is 12.5. The van der Waals surface area contributed by atoms with Crippen LogP contribution < -0.4 is 5.32 Å². The van der Waals surface area contributed by atoms with Gasteiger partial charge in [-0.2, -0.15) is 0 Å². The number of hydrogen-bond acceptors (Lipinski definition) is 1. The summed E-state index contributed by atoms with van der Waals surface area (Å²) in [5.41, 5.74) is 6.28. The first-order valence-corrected chi connectivity index (χ1v) is 7.39. The second-order valence-corrected chi connectivity index (χ2v) is 6.00. The first-order valence-electron chi connectivity index (χ1n) is 6.64. The molecule has 1 nitrogen and oxygen atoms in total. The molecule has 2 aromatic carbocycles. The molecule has 0 saturated heterocycles. The van der Waals surface area contributed by atoms with Crippen LogP contribution in [0, 0.1) is 20.8 Å². The fourth-order valence-electron chi connectivity index (χ4n) is 2.49. The summed E-state index contributed by atoms with van der Waals surface area (Å²) in [5, 5.41) is 4.54. The van der Waals surface area contributed by atoms with Crippen LogP contribution in [0.3, 0.4) is 0 Å². The van der Waals surface area contributed by atoms with Crippen molar-refractivity contribution in [1.29, 1.82) is 0 Å². The molecule has 0 saturated carbocycles. The van der Waals surface area contributed by atoms with E-state index in [1.165, 1.54) is 22.3 Å². The largest absolute Gasteiger partial charge is 0.309 e. The van der Waals surface area contributed by atoms with E-state index in [9.17, 15) is 0 Å². The molecule has 0 radical (unpaired) electrons. The van der Waals surface area contributed by atoms with Crippen molar-refractivity contribution in [2.24, 2.45) is 0 Å². The Morgan fingerprint density at radius 1 is 0.850 bits per heavy atom. The maximum Gasteiger partial charge on any atom is 0.0595 e. The van der Waals surface area contributed by atoms with Gasteiger partial charge in [-0.1, -0.05) is 41.4 Å². The summed E-state index contributed by atoms with van der Waals surface area (Å²) >= 11 is 12.1. The van der Waals surface area contributed by atoms with E-state index in [1.807, 2.05) is 25.2 Å². The van der Waals surface area contributed by atoms with Crippen LogP contribution in [0.25, 0.3) is 0 Å². The Kier molecular flexibility index (Phi) is 4.74. The number of aryl methyl sites for hydroxylation is 3. The molecule has 0 bridgehead atoms. The third-order valence-corrected chi connectivity index (χ3v) is 4.50. The minimum Gasteiger partial charge on any atom is -0.309 e. The minimum atomic E-state index is 0.115. The van der Waals surface area contributed by atoms with Crippen molar-refractivity contribution >= 4 is 23.2 Å². The molecule has 1 N–H and O–H groups in total. The molecule has 3 heteroatoms. The van der Waals surface area contributed by atoms with Gasteiger partial charge in [0.05, 0.1) is 16.1 Å². The van der Waals surface area contributed by atoms with Crippen molar-refractivity contribution in [2.45, 2.75) is 26.8 Å². The van der Waals surface area contributed by atoms with Gasteiger partial charge in [0.15, 0.2) is 0 Å². The summed E-state index contributed by atoms with van der Waals surface area (Å²) in [6.07, 6.45) is 0. The summed E-state index contributed by atoms with van der Waals surface area (Å²) in [6, 6.07) is 10.4. The molecule has 106 valence electrons. The second-order valence-electron chi connectivity index (χ2n) is 5.19. The van der Waals surface area contributed by atoms with Crippen LogP contribution >= 0.6 is 23.2 Å². The lowest BCUT2D eigenvalue weighted by Crippen LogP contribution is -2.19. The number of benzene rings is 2. The molecule has 0 fully saturated rings. The highest BCUT2D eigenvalue weighted by atomic mass is 35.5. The topological polar surface area (TPSA) is 12.0 Å².